The van der Waals surface area contributed by atoms with Crippen LogP contribution in [-0.2, 0) is 0 Å². The van der Waals surface area contributed by atoms with E-state index in [9.17, 15) is 4.79 Å². The van der Waals surface area contributed by atoms with Gasteiger partial charge in [-0.2, -0.15) is 0 Å². The second kappa shape index (κ2) is 6.00. The molecule has 0 aliphatic rings. The average Bonchev–Trinajstić information content (AvgIpc) is 2.27. The van der Waals surface area contributed by atoms with Crippen molar-refractivity contribution in [3.05, 3.63) is 24.3 Å². The highest BCUT2D eigenvalue weighted by atomic mass is 16.5. The maximum atomic E-state index is 11.4. The van der Waals surface area contributed by atoms with Gasteiger partial charge in [0.1, 0.15) is 5.75 Å². The number of methoxy groups -OCH3 is 1. The van der Waals surface area contributed by atoms with Crippen molar-refractivity contribution in [1.82, 2.24) is 5.32 Å². The first kappa shape index (κ1) is 12.4. The molecule has 1 rings (SSSR count). The Bertz CT molecular complexity index is 333. The van der Waals surface area contributed by atoms with Crippen LogP contribution in [0.2, 0.25) is 0 Å². The second-order valence-electron chi connectivity index (χ2n) is 3.96. The first-order valence-corrected chi connectivity index (χ1v) is 5.30. The summed E-state index contributed by atoms with van der Waals surface area (Å²) in [5, 5.41) is 5.52. The SMILES string of the molecule is COc1ccc(NC(=O)NCC(C)C)cc1. The van der Waals surface area contributed by atoms with Crippen LogP contribution < -0.4 is 15.4 Å². The minimum absolute atomic E-state index is 0.182. The number of hydrogen-bond acceptors (Lipinski definition) is 2. The lowest BCUT2D eigenvalue weighted by molar-refractivity contribution is 0.251. The smallest absolute Gasteiger partial charge is 0.319 e. The Labute approximate surface area is 96.0 Å². The molecule has 0 saturated heterocycles. The summed E-state index contributed by atoms with van der Waals surface area (Å²) in [5.41, 5.74) is 0.752. The Hall–Kier alpha value is -1.71. The molecule has 0 fully saturated rings. The first-order valence-electron chi connectivity index (χ1n) is 5.30. The molecule has 4 heteroatoms. The van der Waals surface area contributed by atoms with E-state index in [1.807, 2.05) is 13.8 Å². The molecule has 2 N–H and O–H groups in total. The monoisotopic (exact) mass is 222 g/mol. The highest BCUT2D eigenvalue weighted by Crippen LogP contribution is 2.14. The maximum absolute atomic E-state index is 11.4. The highest BCUT2D eigenvalue weighted by molar-refractivity contribution is 5.89. The van der Waals surface area contributed by atoms with Crippen molar-refractivity contribution in [3.8, 4) is 5.75 Å². The summed E-state index contributed by atoms with van der Waals surface area (Å²) in [6, 6.07) is 7.02. The molecule has 0 atom stereocenters. The number of benzene rings is 1. The van der Waals surface area contributed by atoms with Gasteiger partial charge in [-0.3, -0.25) is 0 Å². The molecule has 0 spiro atoms. The number of amides is 2. The van der Waals surface area contributed by atoms with E-state index in [0.717, 1.165) is 11.4 Å². The van der Waals surface area contributed by atoms with Crippen LogP contribution >= 0.6 is 0 Å². The molecule has 0 aliphatic heterocycles. The Morgan fingerprint density at radius 3 is 2.44 bits per heavy atom. The molecule has 4 nitrogen and oxygen atoms in total. The molecule has 1 aromatic rings. The molecule has 1 aromatic carbocycles. The summed E-state index contributed by atoms with van der Waals surface area (Å²) in [6.07, 6.45) is 0. The number of carbonyl (C=O) groups is 1. The van der Waals surface area contributed by atoms with Gasteiger partial charge in [0.25, 0.3) is 0 Å². The van der Waals surface area contributed by atoms with Crippen LogP contribution in [0.5, 0.6) is 5.75 Å². The Balaban J connectivity index is 2.43. The van der Waals surface area contributed by atoms with Crippen LogP contribution in [-0.4, -0.2) is 19.7 Å². The van der Waals surface area contributed by atoms with Crippen molar-refractivity contribution in [2.45, 2.75) is 13.8 Å². The standard InChI is InChI=1S/C12H18N2O2/c1-9(2)8-13-12(15)14-10-4-6-11(16-3)7-5-10/h4-7,9H,8H2,1-3H3,(H2,13,14,15). The van der Waals surface area contributed by atoms with E-state index in [4.69, 9.17) is 4.74 Å². The lowest BCUT2D eigenvalue weighted by atomic mass is 10.2. The molecule has 16 heavy (non-hydrogen) atoms. The van der Waals surface area contributed by atoms with E-state index < -0.39 is 0 Å². The average molecular weight is 222 g/mol. The van der Waals surface area contributed by atoms with Gasteiger partial charge in [-0.1, -0.05) is 13.8 Å². The normalized spacial score (nSPS) is 10.0. The van der Waals surface area contributed by atoms with Gasteiger partial charge in [-0.15, -0.1) is 0 Å². The number of hydrogen-bond donors (Lipinski definition) is 2. The maximum Gasteiger partial charge on any atom is 0.319 e. The third-order valence-corrected chi connectivity index (χ3v) is 2.02. The van der Waals surface area contributed by atoms with Crippen molar-refractivity contribution in [2.24, 2.45) is 5.92 Å². The van der Waals surface area contributed by atoms with Gasteiger partial charge >= 0.3 is 6.03 Å². The van der Waals surface area contributed by atoms with Crippen LogP contribution in [0.1, 0.15) is 13.8 Å². The largest absolute Gasteiger partial charge is 0.497 e. The van der Waals surface area contributed by atoms with E-state index >= 15 is 0 Å². The lowest BCUT2D eigenvalue weighted by Crippen LogP contribution is -2.31. The van der Waals surface area contributed by atoms with E-state index in [0.29, 0.717) is 12.5 Å². The quantitative estimate of drug-likeness (QED) is 0.822. The fourth-order valence-corrected chi connectivity index (χ4v) is 1.15. The Morgan fingerprint density at radius 2 is 1.94 bits per heavy atom. The van der Waals surface area contributed by atoms with E-state index in [2.05, 4.69) is 10.6 Å². The van der Waals surface area contributed by atoms with Gasteiger partial charge in [0.2, 0.25) is 0 Å². The van der Waals surface area contributed by atoms with E-state index in [1.165, 1.54) is 0 Å². The minimum atomic E-state index is -0.182. The molecule has 2 amide bonds. The molecule has 88 valence electrons. The highest BCUT2D eigenvalue weighted by Gasteiger charge is 2.02. The van der Waals surface area contributed by atoms with Crippen molar-refractivity contribution < 1.29 is 9.53 Å². The predicted molar refractivity (Wildman–Crippen MR) is 64.9 cm³/mol. The number of ether oxygens (including phenoxy) is 1. The van der Waals surface area contributed by atoms with Crippen LogP contribution in [0, 0.1) is 5.92 Å². The van der Waals surface area contributed by atoms with Gasteiger partial charge < -0.3 is 15.4 Å². The predicted octanol–water partition coefficient (Wildman–Crippen LogP) is 2.47. The number of rotatable bonds is 4. The topological polar surface area (TPSA) is 50.4 Å². The molecule has 0 unspecified atom stereocenters. The molecule has 0 heterocycles. The summed E-state index contributed by atoms with van der Waals surface area (Å²) >= 11 is 0. The summed E-state index contributed by atoms with van der Waals surface area (Å²) in [6.45, 7) is 4.77. The molecule has 0 radical (unpaired) electrons. The van der Waals surface area contributed by atoms with Crippen molar-refractivity contribution in [3.63, 3.8) is 0 Å². The fourth-order valence-electron chi connectivity index (χ4n) is 1.15. The fraction of sp³-hybridized carbons (Fsp3) is 0.417. The first-order chi connectivity index (χ1) is 7.61. The van der Waals surface area contributed by atoms with Gasteiger partial charge in [-0.05, 0) is 30.2 Å². The Morgan fingerprint density at radius 1 is 1.31 bits per heavy atom. The van der Waals surface area contributed by atoms with Gasteiger partial charge in [0.15, 0.2) is 0 Å². The second-order valence-corrected chi connectivity index (χ2v) is 3.96. The molecule has 0 aromatic heterocycles. The van der Waals surface area contributed by atoms with Crippen molar-refractivity contribution in [2.75, 3.05) is 19.0 Å². The van der Waals surface area contributed by atoms with E-state index in [-0.39, 0.29) is 6.03 Å². The number of carbonyl (C=O) groups excluding carboxylic acids is 1. The van der Waals surface area contributed by atoms with Crippen molar-refractivity contribution in [1.29, 1.82) is 0 Å². The van der Waals surface area contributed by atoms with Gasteiger partial charge in [0, 0.05) is 12.2 Å². The van der Waals surface area contributed by atoms with Crippen LogP contribution in [0.4, 0.5) is 10.5 Å². The van der Waals surface area contributed by atoms with Crippen LogP contribution in [0.3, 0.4) is 0 Å². The summed E-state index contributed by atoms with van der Waals surface area (Å²) in [4.78, 5) is 11.4. The zero-order valence-electron chi connectivity index (χ0n) is 9.91. The van der Waals surface area contributed by atoms with Crippen molar-refractivity contribution >= 4 is 11.7 Å². The van der Waals surface area contributed by atoms with E-state index in [1.54, 1.807) is 31.4 Å². The summed E-state index contributed by atoms with van der Waals surface area (Å²) in [5.74, 6) is 1.22. The zero-order chi connectivity index (χ0) is 12.0. The zero-order valence-corrected chi connectivity index (χ0v) is 9.91. The molecule has 0 aliphatic carbocycles. The molecule has 0 saturated carbocycles. The summed E-state index contributed by atoms with van der Waals surface area (Å²) < 4.78 is 5.02. The molecular weight excluding hydrogens is 204 g/mol. The number of anilines is 1. The minimum Gasteiger partial charge on any atom is -0.497 e. The number of urea groups is 1. The van der Waals surface area contributed by atoms with Gasteiger partial charge in [0.05, 0.1) is 7.11 Å². The van der Waals surface area contributed by atoms with Crippen LogP contribution in [0.25, 0.3) is 0 Å². The number of nitrogens with one attached hydrogen (secondary N) is 2. The third-order valence-electron chi connectivity index (χ3n) is 2.02. The lowest BCUT2D eigenvalue weighted by Gasteiger charge is -2.09. The summed E-state index contributed by atoms with van der Waals surface area (Å²) in [7, 11) is 1.61. The molecular formula is C12H18N2O2. The van der Waals surface area contributed by atoms with Crippen LogP contribution in [0.15, 0.2) is 24.3 Å². The Kier molecular flexibility index (Phi) is 4.64. The molecule has 0 bridgehead atoms. The third kappa shape index (κ3) is 4.21. The van der Waals surface area contributed by atoms with Gasteiger partial charge in [-0.25, -0.2) is 4.79 Å².